The topological polar surface area (TPSA) is 58.0 Å². The quantitative estimate of drug-likeness (QED) is 0.633. The van der Waals surface area contributed by atoms with E-state index in [1.165, 1.54) is 6.92 Å². The van der Waals surface area contributed by atoms with Crippen LogP contribution in [0.3, 0.4) is 0 Å². The molecule has 12 heavy (non-hydrogen) atoms. The summed E-state index contributed by atoms with van der Waals surface area (Å²) in [7, 11) is 0. The van der Waals surface area contributed by atoms with Crippen molar-refractivity contribution in [3.05, 3.63) is 17.5 Å². The second-order valence-electron chi connectivity index (χ2n) is 2.21. The number of carbonyl (C=O) groups excluding carboxylic acids is 1. The van der Waals surface area contributed by atoms with Gasteiger partial charge in [-0.05, 0) is 12.5 Å². The summed E-state index contributed by atoms with van der Waals surface area (Å²) in [5, 5.41) is 13.3. The molecule has 6 heteroatoms. The fourth-order valence-electron chi connectivity index (χ4n) is 0.785. The minimum Gasteiger partial charge on any atom is -0.543 e. The molecule has 1 heterocycles. The number of hydrogen-bond donors (Lipinski definition) is 0. The van der Waals surface area contributed by atoms with Crippen LogP contribution in [0.4, 0.5) is 8.78 Å². The Morgan fingerprint density at radius 1 is 1.75 bits per heavy atom. The molecule has 0 unspecified atom stereocenters. The summed E-state index contributed by atoms with van der Waals surface area (Å²) in [5.41, 5.74) is -0.286. The van der Waals surface area contributed by atoms with Gasteiger partial charge in [-0.25, -0.2) is 4.68 Å². The Morgan fingerprint density at radius 2 is 2.33 bits per heavy atom. The SMILES string of the molecule is Cc1cn(C(F)F)nc1C(=O)[O-]. The maximum absolute atomic E-state index is 11.9. The molecule has 0 amide bonds. The monoisotopic (exact) mass is 175 g/mol. The summed E-state index contributed by atoms with van der Waals surface area (Å²) < 4.78 is 24.1. The van der Waals surface area contributed by atoms with Crippen LogP contribution in [0.15, 0.2) is 6.20 Å². The maximum atomic E-state index is 11.9. The standard InChI is InChI=1S/C6H6F2N2O2/c1-3-2-10(6(7)8)9-4(3)5(11)12/h2,6H,1H3,(H,11,12)/p-1. The van der Waals surface area contributed by atoms with Crippen molar-refractivity contribution in [2.45, 2.75) is 13.5 Å². The number of hydrogen-bond acceptors (Lipinski definition) is 3. The van der Waals surface area contributed by atoms with Crippen LogP contribution in [0.5, 0.6) is 0 Å². The normalized spacial score (nSPS) is 10.7. The van der Waals surface area contributed by atoms with E-state index in [4.69, 9.17) is 0 Å². The van der Waals surface area contributed by atoms with Gasteiger partial charge in [0.05, 0.1) is 5.97 Å². The lowest BCUT2D eigenvalue weighted by molar-refractivity contribution is -0.255. The molecule has 0 saturated heterocycles. The number of aromatic carboxylic acids is 1. The van der Waals surface area contributed by atoms with Gasteiger partial charge >= 0.3 is 6.55 Å². The number of carboxylic acids is 1. The van der Waals surface area contributed by atoms with E-state index in [0.29, 0.717) is 0 Å². The first kappa shape index (κ1) is 8.63. The van der Waals surface area contributed by atoms with Gasteiger partial charge in [-0.1, -0.05) is 0 Å². The molecule has 0 atom stereocenters. The Bertz CT molecular complexity index is 308. The third-order valence-corrected chi connectivity index (χ3v) is 1.31. The second-order valence-corrected chi connectivity index (χ2v) is 2.21. The molecule has 0 spiro atoms. The van der Waals surface area contributed by atoms with Crippen molar-refractivity contribution in [3.8, 4) is 0 Å². The van der Waals surface area contributed by atoms with E-state index in [1.54, 1.807) is 0 Å². The molecular formula is C6H5F2N2O2-. The number of alkyl halides is 2. The first-order valence-corrected chi connectivity index (χ1v) is 3.07. The molecule has 0 aliphatic carbocycles. The Hall–Kier alpha value is -1.46. The Balaban J connectivity index is 3.09. The van der Waals surface area contributed by atoms with E-state index >= 15 is 0 Å². The van der Waals surface area contributed by atoms with Gasteiger partial charge in [0.15, 0.2) is 0 Å². The highest BCUT2D eigenvalue weighted by molar-refractivity contribution is 5.84. The molecule has 0 bridgehead atoms. The minimum atomic E-state index is -2.82. The zero-order valence-electron chi connectivity index (χ0n) is 6.12. The molecule has 0 saturated carbocycles. The van der Waals surface area contributed by atoms with Crippen LogP contribution in [-0.4, -0.2) is 15.7 Å². The predicted molar refractivity (Wildman–Crippen MR) is 32.5 cm³/mol. The van der Waals surface area contributed by atoms with E-state index < -0.39 is 18.2 Å². The van der Waals surface area contributed by atoms with Crippen molar-refractivity contribution < 1.29 is 18.7 Å². The van der Waals surface area contributed by atoms with Crippen LogP contribution in [0.2, 0.25) is 0 Å². The fraction of sp³-hybridized carbons (Fsp3) is 0.333. The summed E-state index contributed by atoms with van der Waals surface area (Å²) in [6.45, 7) is -1.45. The number of carbonyl (C=O) groups is 1. The highest BCUT2D eigenvalue weighted by atomic mass is 19.3. The summed E-state index contributed by atoms with van der Waals surface area (Å²) in [6, 6.07) is 0. The largest absolute Gasteiger partial charge is 0.543 e. The Kier molecular flexibility index (Phi) is 2.07. The average Bonchev–Trinajstić information content (AvgIpc) is 2.30. The smallest absolute Gasteiger partial charge is 0.333 e. The third kappa shape index (κ3) is 1.41. The molecule has 0 aliphatic rings. The molecule has 1 rings (SSSR count). The lowest BCUT2D eigenvalue weighted by Gasteiger charge is -1.97. The molecule has 0 N–H and O–H groups in total. The first-order chi connectivity index (χ1) is 5.52. The molecule has 1 aromatic heterocycles. The van der Waals surface area contributed by atoms with Crippen LogP contribution in [0, 0.1) is 6.92 Å². The van der Waals surface area contributed by atoms with Crippen molar-refractivity contribution in [1.82, 2.24) is 9.78 Å². The van der Waals surface area contributed by atoms with Gasteiger partial charge in [0.25, 0.3) is 0 Å². The molecule has 0 radical (unpaired) electrons. The number of aryl methyl sites for hydroxylation is 1. The maximum Gasteiger partial charge on any atom is 0.333 e. The van der Waals surface area contributed by atoms with E-state index in [0.717, 1.165) is 6.20 Å². The van der Waals surface area contributed by atoms with Crippen LogP contribution >= 0.6 is 0 Å². The third-order valence-electron chi connectivity index (χ3n) is 1.31. The fourth-order valence-corrected chi connectivity index (χ4v) is 0.785. The molecule has 66 valence electrons. The van der Waals surface area contributed by atoms with Gasteiger partial charge in [-0.2, -0.15) is 13.9 Å². The Morgan fingerprint density at radius 3 is 2.58 bits per heavy atom. The number of halogens is 2. The average molecular weight is 175 g/mol. The van der Waals surface area contributed by atoms with Crippen molar-refractivity contribution in [2.75, 3.05) is 0 Å². The Labute approximate surface area is 66.4 Å². The van der Waals surface area contributed by atoms with Gasteiger partial charge in [0.1, 0.15) is 5.69 Å². The number of nitrogens with zero attached hydrogens (tertiary/aromatic N) is 2. The summed E-state index contributed by atoms with van der Waals surface area (Å²) in [6.07, 6.45) is 0.954. The van der Waals surface area contributed by atoms with Gasteiger partial charge in [0, 0.05) is 6.20 Å². The van der Waals surface area contributed by atoms with Crippen molar-refractivity contribution in [1.29, 1.82) is 0 Å². The summed E-state index contributed by atoms with van der Waals surface area (Å²) in [4.78, 5) is 10.2. The molecule has 0 aliphatic heterocycles. The lowest BCUT2D eigenvalue weighted by atomic mass is 10.3. The van der Waals surface area contributed by atoms with Crippen molar-refractivity contribution >= 4 is 5.97 Å². The van der Waals surface area contributed by atoms with Gasteiger partial charge in [-0.15, -0.1) is 0 Å². The zero-order chi connectivity index (χ0) is 9.30. The molecule has 0 fully saturated rings. The zero-order valence-corrected chi connectivity index (χ0v) is 6.12. The van der Waals surface area contributed by atoms with Crippen LogP contribution < -0.4 is 5.11 Å². The highest BCUT2D eigenvalue weighted by Crippen LogP contribution is 2.12. The molecular weight excluding hydrogens is 170 g/mol. The molecule has 4 nitrogen and oxygen atoms in total. The number of carboxylic acid groups (broad SMARTS) is 1. The van der Waals surface area contributed by atoms with E-state index in [-0.39, 0.29) is 10.2 Å². The van der Waals surface area contributed by atoms with Gasteiger partial charge in [-0.3, -0.25) is 0 Å². The lowest BCUT2D eigenvalue weighted by Crippen LogP contribution is -2.23. The predicted octanol–water partition coefficient (Wildman–Crippen LogP) is -0.0499. The summed E-state index contributed by atoms with van der Waals surface area (Å²) in [5.74, 6) is -1.55. The highest BCUT2D eigenvalue weighted by Gasteiger charge is 2.11. The van der Waals surface area contributed by atoms with Crippen LogP contribution in [0.25, 0.3) is 0 Å². The summed E-state index contributed by atoms with van der Waals surface area (Å²) >= 11 is 0. The van der Waals surface area contributed by atoms with E-state index in [2.05, 4.69) is 5.10 Å². The second kappa shape index (κ2) is 2.88. The first-order valence-electron chi connectivity index (χ1n) is 3.07. The van der Waals surface area contributed by atoms with E-state index in [1.807, 2.05) is 0 Å². The number of rotatable bonds is 2. The minimum absolute atomic E-state index is 0.162. The van der Waals surface area contributed by atoms with Gasteiger partial charge < -0.3 is 9.90 Å². The molecule has 1 aromatic rings. The van der Waals surface area contributed by atoms with Crippen molar-refractivity contribution in [2.24, 2.45) is 0 Å². The van der Waals surface area contributed by atoms with Gasteiger partial charge in [0.2, 0.25) is 0 Å². The molecule has 0 aromatic carbocycles. The van der Waals surface area contributed by atoms with E-state index in [9.17, 15) is 18.7 Å². The number of aromatic nitrogens is 2. The van der Waals surface area contributed by atoms with Crippen LogP contribution in [-0.2, 0) is 0 Å². The van der Waals surface area contributed by atoms with Crippen LogP contribution in [0.1, 0.15) is 22.6 Å². The van der Waals surface area contributed by atoms with Crippen molar-refractivity contribution in [3.63, 3.8) is 0 Å².